The molecule has 0 aliphatic rings. The number of fused-ring (bicyclic) bond motifs is 2. The van der Waals surface area contributed by atoms with Gasteiger partial charge in [-0.05, 0) is 124 Å². The number of aryl methyl sites for hydroxylation is 2. The molecule has 0 unspecified atom stereocenters. The molecule has 0 aliphatic carbocycles. The van der Waals surface area contributed by atoms with Gasteiger partial charge in [-0.1, -0.05) is 44.0 Å². The van der Waals surface area contributed by atoms with E-state index in [0.717, 1.165) is 35.1 Å². The quantitative estimate of drug-likeness (QED) is 0.0214. The molecule has 5 rings (SSSR count). The third-order valence-corrected chi connectivity index (χ3v) is 8.20. The molecule has 5 heterocycles. The number of hydrogen-bond donors (Lipinski definition) is 2. The molecule has 0 aliphatic heterocycles. The van der Waals surface area contributed by atoms with E-state index in [1.807, 2.05) is 72.0 Å². The molecule has 0 spiro atoms. The summed E-state index contributed by atoms with van der Waals surface area (Å²) in [5.41, 5.74) is 7.78. The second kappa shape index (κ2) is 60.8. The van der Waals surface area contributed by atoms with Crippen molar-refractivity contribution in [3.05, 3.63) is 118 Å². The first kappa shape index (κ1) is 103. The van der Waals surface area contributed by atoms with Gasteiger partial charge in [0.2, 0.25) is 0 Å². The molecule has 464 valence electrons. The summed E-state index contributed by atoms with van der Waals surface area (Å²) in [5, 5.41) is 37.5. The van der Waals surface area contributed by atoms with Crippen LogP contribution in [-0.4, -0.2) is 127 Å². The Morgan fingerprint density at radius 1 is 0.698 bits per heavy atom. The number of carboxylic acids is 1. The second-order valence-electron chi connectivity index (χ2n) is 16.4. The van der Waals surface area contributed by atoms with Gasteiger partial charge in [0.25, 0.3) is 6.47 Å². The summed E-state index contributed by atoms with van der Waals surface area (Å²) in [6, 6.07) is 9.20. The van der Waals surface area contributed by atoms with E-state index in [1.165, 1.54) is 12.4 Å². The van der Waals surface area contributed by atoms with Crippen LogP contribution in [0.25, 0.3) is 11.3 Å². The number of aromatic nitrogens is 5. The molecular weight excluding hydrogens is 1280 g/mol. The molecular formula is C53H74Cl3F3K3LiN6O17. The summed E-state index contributed by atoms with van der Waals surface area (Å²) in [7, 11) is 0. The van der Waals surface area contributed by atoms with E-state index in [4.69, 9.17) is 55.1 Å². The van der Waals surface area contributed by atoms with Crippen molar-refractivity contribution in [1.29, 1.82) is 0 Å². The topological polar surface area (TPSA) is 351 Å². The number of carboxylic acid groups (broad SMARTS) is 1. The van der Waals surface area contributed by atoms with Crippen molar-refractivity contribution in [2.75, 3.05) is 44.6 Å². The number of nitrogens with zero attached hydrogens (tertiary/aromatic N) is 5. The van der Waals surface area contributed by atoms with Gasteiger partial charge in [0.15, 0.2) is 11.4 Å². The SMILES string of the molecule is CC(C)(C)[O-].CC(C)OC(C)C.CCOC(=O)/C(Cl)=C\[O-].CCOC(=O)/C(Cl)=C\[O-].CCOC(=O)CCl.CCOC(=O)c1cnc2cc(C)ccn12.CCOC=O.Cc1ccn2c(C(=O)O)cnc2c1.Nc1cc(C(F)(F)F)ccn1.[K+].[K+].[K+].[Li+].[OH-]. The Hall–Kier alpha value is -1.72. The Morgan fingerprint density at radius 2 is 1.08 bits per heavy atom. The molecule has 0 amide bonds. The van der Waals surface area contributed by atoms with Gasteiger partial charge in [-0.2, -0.15) is 13.2 Å². The average Bonchev–Trinajstić information content (AvgIpc) is 4.01. The first-order valence-corrected chi connectivity index (χ1v) is 25.5. The van der Waals surface area contributed by atoms with Crippen LogP contribution >= 0.6 is 34.8 Å². The van der Waals surface area contributed by atoms with Gasteiger partial charge >= 0.3 is 209 Å². The van der Waals surface area contributed by atoms with E-state index in [-0.39, 0.29) is 234 Å². The van der Waals surface area contributed by atoms with Crippen LogP contribution < -0.4 is 194 Å². The van der Waals surface area contributed by atoms with E-state index in [0.29, 0.717) is 49.8 Å². The third-order valence-electron chi connectivity index (χ3n) is 7.49. The maximum atomic E-state index is 11.9. The number of anilines is 1. The summed E-state index contributed by atoms with van der Waals surface area (Å²) in [4.78, 5) is 73.7. The maximum Gasteiger partial charge on any atom is 1.00 e. The van der Waals surface area contributed by atoms with Crippen LogP contribution in [0.2, 0.25) is 0 Å². The van der Waals surface area contributed by atoms with Gasteiger partial charge in [0, 0.05) is 18.6 Å². The van der Waals surface area contributed by atoms with Gasteiger partial charge in [-0.25, -0.2) is 34.1 Å². The minimum Gasteiger partial charge on any atom is -0.877 e. The molecule has 33 heteroatoms. The van der Waals surface area contributed by atoms with Crippen molar-refractivity contribution in [3.63, 3.8) is 0 Å². The minimum atomic E-state index is -4.34. The van der Waals surface area contributed by atoms with Gasteiger partial charge in [-0.15, -0.1) is 29.7 Å². The summed E-state index contributed by atoms with van der Waals surface area (Å²) in [6.07, 6.45) is 4.36. The summed E-state index contributed by atoms with van der Waals surface area (Å²) in [5.74, 6) is -3.37. The van der Waals surface area contributed by atoms with E-state index in [1.54, 1.807) is 70.4 Å². The minimum absolute atomic E-state index is 0. The summed E-state index contributed by atoms with van der Waals surface area (Å²) < 4.78 is 66.4. The van der Waals surface area contributed by atoms with Crippen LogP contribution in [0.4, 0.5) is 19.0 Å². The fourth-order valence-corrected chi connectivity index (χ4v) is 4.80. The zero-order valence-electron chi connectivity index (χ0n) is 52.1. The number of alkyl halides is 4. The summed E-state index contributed by atoms with van der Waals surface area (Å²) in [6.45, 7) is 27.7. The van der Waals surface area contributed by atoms with Crippen molar-refractivity contribution in [3.8, 4) is 0 Å². The smallest absolute Gasteiger partial charge is 0.877 e. The number of ether oxygens (including phenoxy) is 6. The van der Waals surface area contributed by atoms with E-state index < -0.39 is 45.3 Å². The van der Waals surface area contributed by atoms with Gasteiger partial charge in [-0.3, -0.25) is 18.4 Å². The number of carbonyl (C=O) groups excluding carboxylic acids is 5. The van der Waals surface area contributed by atoms with Gasteiger partial charge in [0.05, 0.1) is 63.2 Å². The molecule has 0 saturated carbocycles. The number of aromatic carboxylic acids is 1. The van der Waals surface area contributed by atoms with E-state index >= 15 is 0 Å². The first-order chi connectivity index (χ1) is 37.7. The molecule has 0 saturated heterocycles. The second-order valence-corrected chi connectivity index (χ2v) is 17.4. The van der Waals surface area contributed by atoms with Crippen molar-refractivity contribution in [2.24, 2.45) is 0 Å². The molecule has 5 aromatic rings. The van der Waals surface area contributed by atoms with E-state index in [9.17, 15) is 57.3 Å². The number of pyridine rings is 3. The van der Waals surface area contributed by atoms with Crippen molar-refractivity contribution >= 4 is 88.2 Å². The van der Waals surface area contributed by atoms with Crippen LogP contribution in [-0.2, 0) is 53.8 Å². The Balaban J connectivity index is -0.000000112. The van der Waals surface area contributed by atoms with Crippen molar-refractivity contribution in [2.45, 2.75) is 121 Å². The molecule has 0 atom stereocenters. The van der Waals surface area contributed by atoms with Crippen LogP contribution in [0.1, 0.15) is 121 Å². The van der Waals surface area contributed by atoms with Crippen LogP contribution in [0.5, 0.6) is 0 Å². The molecule has 23 nitrogen and oxygen atoms in total. The van der Waals surface area contributed by atoms with Crippen molar-refractivity contribution in [1.82, 2.24) is 23.8 Å². The zero-order chi connectivity index (χ0) is 63.5. The number of carbonyl (C=O) groups is 6. The zero-order valence-corrected chi connectivity index (χ0v) is 63.7. The molecule has 0 radical (unpaired) electrons. The number of rotatable bonds is 13. The maximum absolute atomic E-state index is 11.9. The monoisotopic (exact) mass is 1350 g/mol. The van der Waals surface area contributed by atoms with Gasteiger partial charge in [0.1, 0.15) is 33.1 Å². The predicted molar refractivity (Wildman–Crippen MR) is 296 cm³/mol. The van der Waals surface area contributed by atoms with Crippen LogP contribution in [0.3, 0.4) is 0 Å². The number of esters is 4. The summed E-state index contributed by atoms with van der Waals surface area (Å²) >= 11 is 15.2. The van der Waals surface area contributed by atoms with Gasteiger partial charge < -0.3 is 60.1 Å². The van der Waals surface area contributed by atoms with Crippen LogP contribution in [0, 0.1) is 13.8 Å². The van der Waals surface area contributed by atoms with Crippen molar-refractivity contribution < 1.29 is 269 Å². The molecule has 0 fully saturated rings. The Bertz CT molecular complexity index is 2640. The molecule has 86 heavy (non-hydrogen) atoms. The fourth-order valence-electron chi connectivity index (χ4n) is 4.61. The number of nitrogens with two attached hydrogens (primary N) is 1. The number of halogens is 6. The molecule has 4 N–H and O–H groups in total. The van der Waals surface area contributed by atoms with Crippen LogP contribution in [0.15, 0.2) is 90.0 Å². The average molecular weight is 1350 g/mol. The Morgan fingerprint density at radius 3 is 1.34 bits per heavy atom. The fraction of sp³-hybridized carbons (Fsp3) is 0.453. The first-order valence-electron chi connectivity index (χ1n) is 24.2. The molecule has 0 aromatic carbocycles. The normalized spacial score (nSPS) is 9.90. The largest absolute Gasteiger partial charge is 1.00 e. The van der Waals surface area contributed by atoms with E-state index in [2.05, 4.69) is 33.9 Å². The third kappa shape index (κ3) is 56.3. The number of hydrogen-bond acceptors (Lipinski definition) is 20. The Labute approximate surface area is 655 Å². The molecule has 0 bridgehead atoms. The number of imidazole rings is 2. The Kier molecular flexibility index (Phi) is 72.9. The number of nitrogen functional groups attached to an aromatic ring is 1. The predicted octanol–water partition coefficient (Wildman–Crippen LogP) is -4.41. The molecule has 5 aromatic heterocycles. The standard InChI is InChI=1S/C11H12N2O2.C9H8N2O2.C6H5F3N2.C6H14O.2C5H7ClO3.C4H7ClO2.C4H9O.C3H6O2.3K.Li.H2O/c1-3-15-11(14)9-7-12-10-6-8(2)4-5-13(9)10;1-6-2-3-11-7(9(12)13)5-10-8(11)4-6;7-6(8,9)4-1-2-11-5(10)3-4;1-5(2)7-6(3)4;2*1-2-9-5(8)4(6)3-7;1-2-7-4(6)3-5;1-4(2,3)5;1-2-5-3-4;;;;;/h4-7H,3H2,1-2H3;2-5H,1H3,(H,12,13);1-3H,(H2,10,11);5-6H,1-4H3;2*3,7H,2H2,1H3;2-3H2,1H3;1-3H3;3H,2H2,1H3;;;;;1H2/q;;;;;;;-1;;4*+1;/p-3/b;;;;2*4-3+;;;;;;;;.